The number of carbonyl (C=O) groups excluding carboxylic acids is 2. The number of rotatable bonds is 4. The lowest BCUT2D eigenvalue weighted by atomic mass is 9.76. The summed E-state index contributed by atoms with van der Waals surface area (Å²) in [7, 11) is 0. The van der Waals surface area contributed by atoms with Gasteiger partial charge in [-0.1, -0.05) is 18.2 Å². The number of para-hydroxylation sites is 1. The molecular formula is C25H30N2O4. The highest BCUT2D eigenvalue weighted by Gasteiger charge is 2.44. The predicted octanol–water partition coefficient (Wildman–Crippen LogP) is 4.19. The van der Waals surface area contributed by atoms with Crippen LogP contribution in [0.4, 0.5) is 0 Å². The van der Waals surface area contributed by atoms with Crippen molar-refractivity contribution in [2.75, 3.05) is 13.1 Å². The number of amides is 2. The highest BCUT2D eigenvalue weighted by atomic mass is 16.5. The van der Waals surface area contributed by atoms with Crippen molar-refractivity contribution in [3.05, 3.63) is 53.5 Å². The van der Waals surface area contributed by atoms with E-state index in [1.54, 1.807) is 6.26 Å². The van der Waals surface area contributed by atoms with Gasteiger partial charge in [0.2, 0.25) is 5.91 Å². The third-order valence-electron chi connectivity index (χ3n) is 7.22. The van der Waals surface area contributed by atoms with E-state index in [4.69, 9.17) is 9.15 Å². The Hall–Kier alpha value is -2.76. The molecule has 6 heteroatoms. The van der Waals surface area contributed by atoms with Crippen molar-refractivity contribution in [3.8, 4) is 5.75 Å². The lowest BCUT2D eigenvalue weighted by molar-refractivity contribution is -0.123. The molecule has 1 N–H and O–H groups in total. The predicted molar refractivity (Wildman–Crippen MR) is 116 cm³/mol. The molecule has 1 aromatic carbocycles. The van der Waals surface area contributed by atoms with Crippen molar-refractivity contribution >= 4 is 11.8 Å². The summed E-state index contributed by atoms with van der Waals surface area (Å²) in [5.74, 6) is 1.54. The Labute approximate surface area is 182 Å². The molecule has 1 saturated carbocycles. The first kappa shape index (κ1) is 20.2. The highest BCUT2D eigenvalue weighted by Crippen LogP contribution is 2.46. The third kappa shape index (κ3) is 3.95. The van der Waals surface area contributed by atoms with Gasteiger partial charge in [-0.3, -0.25) is 9.59 Å². The van der Waals surface area contributed by atoms with Crippen LogP contribution < -0.4 is 10.1 Å². The molecule has 3 aliphatic rings. The van der Waals surface area contributed by atoms with Gasteiger partial charge in [0.1, 0.15) is 11.4 Å². The molecule has 3 heterocycles. The second kappa shape index (κ2) is 8.06. The molecule has 0 unspecified atom stereocenters. The molecule has 1 atom stereocenters. The van der Waals surface area contributed by atoms with Gasteiger partial charge in [0.05, 0.1) is 6.26 Å². The first-order valence-corrected chi connectivity index (χ1v) is 11.4. The Bertz CT molecular complexity index is 969. The maximum absolute atomic E-state index is 12.8. The van der Waals surface area contributed by atoms with Gasteiger partial charge in [0.25, 0.3) is 5.91 Å². The number of benzene rings is 1. The summed E-state index contributed by atoms with van der Waals surface area (Å²) in [5, 5.41) is 3.19. The number of aryl methyl sites for hydroxylation is 1. The molecule has 2 aromatic rings. The average molecular weight is 423 g/mol. The first-order chi connectivity index (χ1) is 15.0. The molecule has 31 heavy (non-hydrogen) atoms. The number of ether oxygens (including phenoxy) is 1. The van der Waals surface area contributed by atoms with Crippen LogP contribution in [-0.4, -0.2) is 41.4 Å². The molecular weight excluding hydrogens is 392 g/mol. The molecule has 2 amide bonds. The third-order valence-corrected chi connectivity index (χ3v) is 7.22. The maximum atomic E-state index is 12.8. The van der Waals surface area contributed by atoms with E-state index in [0.717, 1.165) is 49.0 Å². The van der Waals surface area contributed by atoms with Gasteiger partial charge >= 0.3 is 0 Å². The molecule has 2 fully saturated rings. The normalized spacial score (nSPS) is 22.4. The average Bonchev–Trinajstić information content (AvgIpc) is 3.17. The van der Waals surface area contributed by atoms with E-state index in [9.17, 15) is 9.59 Å². The summed E-state index contributed by atoms with van der Waals surface area (Å²) in [6.45, 7) is 3.15. The first-order valence-electron chi connectivity index (χ1n) is 11.4. The van der Waals surface area contributed by atoms with Crippen LogP contribution in [0, 0.1) is 6.92 Å². The highest BCUT2D eigenvalue weighted by molar-refractivity contribution is 5.92. The minimum Gasteiger partial charge on any atom is -0.487 e. The lowest BCUT2D eigenvalue weighted by Crippen LogP contribution is -2.52. The number of furan rings is 1. The monoisotopic (exact) mass is 422 g/mol. The van der Waals surface area contributed by atoms with Crippen LogP contribution in [0.2, 0.25) is 0 Å². The fourth-order valence-electron chi connectivity index (χ4n) is 5.15. The van der Waals surface area contributed by atoms with Crippen molar-refractivity contribution in [2.24, 2.45) is 0 Å². The Balaban J connectivity index is 1.29. The molecule has 1 spiro atoms. The van der Waals surface area contributed by atoms with E-state index >= 15 is 0 Å². The van der Waals surface area contributed by atoms with Crippen molar-refractivity contribution < 1.29 is 18.7 Å². The fraction of sp³-hybridized carbons (Fsp3) is 0.520. The number of hydrogen-bond acceptors (Lipinski definition) is 4. The summed E-state index contributed by atoms with van der Waals surface area (Å²) in [5.41, 5.74) is 1.66. The smallest absolute Gasteiger partial charge is 0.289 e. The maximum Gasteiger partial charge on any atom is 0.289 e. The van der Waals surface area contributed by atoms with E-state index in [2.05, 4.69) is 11.4 Å². The lowest BCUT2D eigenvalue weighted by Gasteiger charge is -2.46. The van der Waals surface area contributed by atoms with E-state index in [-0.39, 0.29) is 23.3 Å². The number of hydrogen-bond donors (Lipinski definition) is 1. The SMILES string of the molecule is Cc1ccoc1C(=O)N1CCC2(CC1)C[C@@H](CC(=O)NC1CCC1)c1ccccc1O2. The largest absolute Gasteiger partial charge is 0.487 e. The second-order valence-electron chi connectivity index (χ2n) is 9.35. The Morgan fingerprint density at radius 3 is 2.61 bits per heavy atom. The fourth-order valence-corrected chi connectivity index (χ4v) is 5.15. The molecule has 164 valence electrons. The molecule has 0 bridgehead atoms. The van der Waals surface area contributed by atoms with E-state index in [0.29, 0.717) is 31.3 Å². The Morgan fingerprint density at radius 2 is 1.94 bits per heavy atom. The van der Waals surface area contributed by atoms with Crippen molar-refractivity contribution in [2.45, 2.75) is 69.4 Å². The van der Waals surface area contributed by atoms with Crippen LogP contribution in [0.3, 0.4) is 0 Å². The Kier molecular flexibility index (Phi) is 5.24. The molecule has 5 rings (SSSR count). The molecule has 0 radical (unpaired) electrons. The van der Waals surface area contributed by atoms with Crippen LogP contribution in [-0.2, 0) is 4.79 Å². The zero-order valence-electron chi connectivity index (χ0n) is 18.1. The number of nitrogens with one attached hydrogen (secondary N) is 1. The summed E-state index contributed by atoms with van der Waals surface area (Å²) >= 11 is 0. The van der Waals surface area contributed by atoms with Crippen LogP contribution in [0.1, 0.15) is 72.5 Å². The summed E-state index contributed by atoms with van der Waals surface area (Å²) < 4.78 is 11.9. The zero-order chi connectivity index (χ0) is 21.4. The van der Waals surface area contributed by atoms with Crippen LogP contribution >= 0.6 is 0 Å². The number of carbonyl (C=O) groups is 2. The van der Waals surface area contributed by atoms with Gasteiger partial charge in [0.15, 0.2) is 5.76 Å². The van der Waals surface area contributed by atoms with E-state index < -0.39 is 0 Å². The zero-order valence-corrected chi connectivity index (χ0v) is 18.1. The van der Waals surface area contributed by atoms with Gasteiger partial charge in [-0.05, 0) is 50.3 Å². The van der Waals surface area contributed by atoms with Crippen molar-refractivity contribution in [3.63, 3.8) is 0 Å². The van der Waals surface area contributed by atoms with Gasteiger partial charge in [-0.15, -0.1) is 0 Å². The molecule has 2 aliphatic heterocycles. The van der Waals surface area contributed by atoms with Crippen molar-refractivity contribution in [1.82, 2.24) is 10.2 Å². The molecule has 1 aromatic heterocycles. The number of likely N-dealkylation sites (tertiary alicyclic amines) is 1. The molecule has 6 nitrogen and oxygen atoms in total. The second-order valence-corrected chi connectivity index (χ2v) is 9.35. The van der Waals surface area contributed by atoms with E-state index in [1.165, 1.54) is 6.42 Å². The van der Waals surface area contributed by atoms with Crippen LogP contribution in [0.25, 0.3) is 0 Å². The topological polar surface area (TPSA) is 71.8 Å². The quantitative estimate of drug-likeness (QED) is 0.802. The van der Waals surface area contributed by atoms with Gasteiger partial charge < -0.3 is 19.4 Å². The summed E-state index contributed by atoms with van der Waals surface area (Å²) in [4.78, 5) is 27.4. The number of piperidine rings is 1. The molecule has 1 saturated heterocycles. The summed E-state index contributed by atoms with van der Waals surface area (Å²) in [6.07, 6.45) is 7.78. The van der Waals surface area contributed by atoms with E-state index in [1.807, 2.05) is 36.1 Å². The van der Waals surface area contributed by atoms with Gasteiger partial charge in [-0.2, -0.15) is 0 Å². The van der Waals surface area contributed by atoms with Crippen molar-refractivity contribution in [1.29, 1.82) is 0 Å². The number of fused-ring (bicyclic) bond motifs is 1. The van der Waals surface area contributed by atoms with Gasteiger partial charge in [0, 0.05) is 49.9 Å². The van der Waals surface area contributed by atoms with Crippen LogP contribution in [0.5, 0.6) is 5.75 Å². The minimum atomic E-state index is -0.329. The van der Waals surface area contributed by atoms with Crippen LogP contribution in [0.15, 0.2) is 41.0 Å². The standard InChI is InChI=1S/C25H30N2O4/c1-17-9-14-30-23(17)24(29)27-12-10-25(11-13-27)16-18(15-22(28)26-19-5-4-6-19)20-7-2-3-8-21(20)31-25/h2-3,7-9,14,18-19H,4-6,10-13,15-16H2,1H3,(H,26,28)/t18-/m1/s1. The minimum absolute atomic E-state index is 0.0509. The molecule has 1 aliphatic carbocycles. The van der Waals surface area contributed by atoms with Gasteiger partial charge in [-0.25, -0.2) is 0 Å². The Morgan fingerprint density at radius 1 is 1.16 bits per heavy atom. The number of nitrogens with zero attached hydrogens (tertiary/aromatic N) is 1. The summed E-state index contributed by atoms with van der Waals surface area (Å²) in [6, 6.07) is 10.3.